The Morgan fingerprint density at radius 1 is 1.36 bits per heavy atom. The zero-order valence-corrected chi connectivity index (χ0v) is 9.13. The largest absolute Gasteiger partial charge is 0.388 e. The summed E-state index contributed by atoms with van der Waals surface area (Å²) in [6.45, 7) is 5.63. The van der Waals surface area contributed by atoms with Crippen LogP contribution in [0.1, 0.15) is 32.6 Å². The third-order valence-corrected chi connectivity index (χ3v) is 3.47. The van der Waals surface area contributed by atoms with Crippen LogP contribution in [0, 0.1) is 0 Å². The molecule has 0 spiro atoms. The van der Waals surface area contributed by atoms with Crippen molar-refractivity contribution in [2.24, 2.45) is 0 Å². The van der Waals surface area contributed by atoms with Gasteiger partial charge in [0.2, 0.25) is 0 Å². The van der Waals surface area contributed by atoms with E-state index in [1.807, 2.05) is 6.92 Å². The van der Waals surface area contributed by atoms with E-state index in [0.717, 1.165) is 32.2 Å². The van der Waals surface area contributed by atoms with Gasteiger partial charge in [0, 0.05) is 32.2 Å². The van der Waals surface area contributed by atoms with Crippen LogP contribution in [0.15, 0.2) is 0 Å². The highest BCUT2D eigenvalue weighted by molar-refractivity contribution is 4.88. The highest BCUT2D eigenvalue weighted by Crippen LogP contribution is 2.25. The lowest BCUT2D eigenvalue weighted by Crippen LogP contribution is -2.46. The number of rotatable bonds is 1. The van der Waals surface area contributed by atoms with Gasteiger partial charge in [-0.05, 0) is 19.8 Å². The van der Waals surface area contributed by atoms with Crippen LogP contribution in [0.25, 0.3) is 0 Å². The first kappa shape index (κ1) is 10.4. The first-order chi connectivity index (χ1) is 6.67. The van der Waals surface area contributed by atoms with Gasteiger partial charge in [-0.15, -0.1) is 0 Å². The summed E-state index contributed by atoms with van der Waals surface area (Å²) >= 11 is 0. The minimum absolute atomic E-state index is 0.543. The number of nitrogens with zero attached hydrogens (tertiary/aromatic N) is 1. The summed E-state index contributed by atoms with van der Waals surface area (Å²) in [7, 11) is 0. The van der Waals surface area contributed by atoms with E-state index in [1.54, 1.807) is 0 Å². The third kappa shape index (κ3) is 2.47. The average Bonchev–Trinajstić information content (AvgIpc) is 2.57. The smallest absolute Gasteiger partial charge is 0.0869 e. The molecule has 2 N–H and O–H groups in total. The topological polar surface area (TPSA) is 35.5 Å². The van der Waals surface area contributed by atoms with Crippen molar-refractivity contribution in [3.05, 3.63) is 0 Å². The first-order valence-corrected chi connectivity index (χ1v) is 5.84. The Hall–Kier alpha value is -0.120. The molecule has 2 fully saturated rings. The number of nitrogens with one attached hydrogen (secondary N) is 1. The lowest BCUT2D eigenvalue weighted by atomic mass is 10.1. The average molecular weight is 198 g/mol. The second kappa shape index (κ2) is 4.17. The molecule has 0 aromatic rings. The van der Waals surface area contributed by atoms with Gasteiger partial charge >= 0.3 is 0 Å². The summed E-state index contributed by atoms with van der Waals surface area (Å²) in [6, 6.07) is 0.737. The lowest BCUT2D eigenvalue weighted by Gasteiger charge is -2.32. The van der Waals surface area contributed by atoms with E-state index in [2.05, 4.69) is 10.2 Å². The van der Waals surface area contributed by atoms with Gasteiger partial charge in [0.15, 0.2) is 0 Å². The summed E-state index contributed by atoms with van der Waals surface area (Å²) in [5.41, 5.74) is -0.543. The highest BCUT2D eigenvalue weighted by Gasteiger charge is 2.31. The lowest BCUT2D eigenvalue weighted by molar-refractivity contribution is 0.0222. The molecule has 1 aliphatic carbocycles. The molecule has 1 saturated carbocycles. The fourth-order valence-corrected chi connectivity index (χ4v) is 2.73. The Morgan fingerprint density at radius 2 is 2.07 bits per heavy atom. The van der Waals surface area contributed by atoms with Crippen LogP contribution in [0.5, 0.6) is 0 Å². The molecule has 3 nitrogen and oxygen atoms in total. The van der Waals surface area contributed by atoms with Crippen molar-refractivity contribution >= 4 is 0 Å². The van der Waals surface area contributed by atoms with Crippen molar-refractivity contribution < 1.29 is 5.11 Å². The second-order valence-electron chi connectivity index (χ2n) is 5.08. The highest BCUT2D eigenvalue weighted by atomic mass is 16.3. The normalized spacial score (nSPS) is 37.3. The first-order valence-electron chi connectivity index (χ1n) is 5.84. The van der Waals surface area contributed by atoms with Crippen LogP contribution >= 0.6 is 0 Å². The van der Waals surface area contributed by atoms with Crippen LogP contribution in [0.3, 0.4) is 0 Å². The van der Waals surface area contributed by atoms with Gasteiger partial charge in [0.1, 0.15) is 0 Å². The maximum atomic E-state index is 10.1. The molecule has 2 aliphatic rings. The van der Waals surface area contributed by atoms with Gasteiger partial charge < -0.3 is 10.4 Å². The van der Waals surface area contributed by atoms with Crippen molar-refractivity contribution in [2.45, 2.75) is 44.2 Å². The maximum Gasteiger partial charge on any atom is 0.0869 e. The Labute approximate surface area is 86.5 Å². The molecule has 0 aromatic heterocycles. The molecule has 1 aliphatic heterocycles. The number of hydrogen-bond donors (Lipinski definition) is 2. The molecule has 0 bridgehead atoms. The van der Waals surface area contributed by atoms with Crippen molar-refractivity contribution in [1.82, 2.24) is 10.2 Å². The molecule has 1 unspecified atom stereocenters. The molecule has 1 atom stereocenters. The minimum atomic E-state index is -0.543. The molecular weight excluding hydrogens is 176 g/mol. The number of hydrogen-bond acceptors (Lipinski definition) is 3. The van der Waals surface area contributed by atoms with E-state index in [0.29, 0.717) is 0 Å². The zero-order valence-electron chi connectivity index (χ0n) is 9.13. The summed E-state index contributed by atoms with van der Waals surface area (Å²) in [5, 5.41) is 13.4. The fraction of sp³-hybridized carbons (Fsp3) is 1.00. The standard InChI is InChI=1S/C11H22N2O/c1-11(14)8-12-6-7-13(9-11)10-4-2-3-5-10/h10,12,14H,2-9H2,1H3. The van der Waals surface area contributed by atoms with Gasteiger partial charge in [0.05, 0.1) is 5.60 Å². The van der Waals surface area contributed by atoms with E-state index in [9.17, 15) is 5.11 Å². The van der Waals surface area contributed by atoms with E-state index in [1.165, 1.54) is 25.7 Å². The Balaban J connectivity index is 1.95. The van der Waals surface area contributed by atoms with Crippen LogP contribution in [0.4, 0.5) is 0 Å². The maximum absolute atomic E-state index is 10.1. The molecule has 2 rings (SSSR count). The SMILES string of the molecule is CC1(O)CNCCN(C2CCCC2)C1. The predicted molar refractivity (Wildman–Crippen MR) is 57.3 cm³/mol. The molecule has 1 heterocycles. The van der Waals surface area contributed by atoms with Gasteiger partial charge in [-0.25, -0.2) is 0 Å². The Kier molecular flexibility index (Phi) is 3.10. The summed E-state index contributed by atoms with van der Waals surface area (Å²) in [4.78, 5) is 2.48. The Bertz CT molecular complexity index is 188. The zero-order chi connectivity index (χ0) is 10.0. The summed E-state index contributed by atoms with van der Waals surface area (Å²) in [6.07, 6.45) is 5.40. The van der Waals surface area contributed by atoms with Gasteiger partial charge in [0.25, 0.3) is 0 Å². The van der Waals surface area contributed by atoms with E-state index >= 15 is 0 Å². The molecule has 1 saturated heterocycles. The summed E-state index contributed by atoms with van der Waals surface area (Å²) in [5.74, 6) is 0. The van der Waals surface area contributed by atoms with E-state index in [4.69, 9.17) is 0 Å². The van der Waals surface area contributed by atoms with Crippen molar-refractivity contribution in [1.29, 1.82) is 0 Å². The quantitative estimate of drug-likeness (QED) is 0.647. The molecule has 14 heavy (non-hydrogen) atoms. The monoisotopic (exact) mass is 198 g/mol. The predicted octanol–water partition coefficient (Wildman–Crippen LogP) is 0.585. The van der Waals surface area contributed by atoms with Gasteiger partial charge in [-0.2, -0.15) is 0 Å². The number of β-amino-alcohol motifs (C(OH)–C–C–N with tert-alkyl or cyclic N) is 1. The molecule has 0 radical (unpaired) electrons. The van der Waals surface area contributed by atoms with Crippen LogP contribution in [-0.4, -0.2) is 47.8 Å². The molecule has 82 valence electrons. The van der Waals surface area contributed by atoms with Crippen LogP contribution < -0.4 is 5.32 Å². The second-order valence-corrected chi connectivity index (χ2v) is 5.08. The molecule has 0 aromatic carbocycles. The van der Waals surface area contributed by atoms with E-state index in [-0.39, 0.29) is 0 Å². The van der Waals surface area contributed by atoms with Crippen LogP contribution in [-0.2, 0) is 0 Å². The van der Waals surface area contributed by atoms with Crippen molar-refractivity contribution in [3.63, 3.8) is 0 Å². The van der Waals surface area contributed by atoms with Crippen molar-refractivity contribution in [3.8, 4) is 0 Å². The molecule has 0 amide bonds. The fourth-order valence-electron chi connectivity index (χ4n) is 2.73. The Morgan fingerprint density at radius 3 is 2.79 bits per heavy atom. The summed E-state index contributed by atoms with van der Waals surface area (Å²) < 4.78 is 0. The van der Waals surface area contributed by atoms with Crippen molar-refractivity contribution in [2.75, 3.05) is 26.2 Å². The number of aliphatic hydroxyl groups is 1. The van der Waals surface area contributed by atoms with E-state index < -0.39 is 5.60 Å². The van der Waals surface area contributed by atoms with Gasteiger partial charge in [-0.3, -0.25) is 4.90 Å². The van der Waals surface area contributed by atoms with Gasteiger partial charge in [-0.1, -0.05) is 12.8 Å². The molecular formula is C11H22N2O. The molecule has 3 heteroatoms. The van der Waals surface area contributed by atoms with Crippen LogP contribution in [0.2, 0.25) is 0 Å². The minimum Gasteiger partial charge on any atom is -0.388 e. The third-order valence-electron chi connectivity index (χ3n) is 3.47.